The molecule has 0 aliphatic heterocycles. The molecular formula is C11H10BrNO2. The number of nitriles is 1. The van der Waals surface area contributed by atoms with Gasteiger partial charge in [0.1, 0.15) is 6.61 Å². The number of hydrogen-bond donors (Lipinski definition) is 0. The lowest BCUT2D eigenvalue weighted by Gasteiger charge is -2.04. The Labute approximate surface area is 96.8 Å². The minimum Gasteiger partial charge on any atom is -0.461 e. The van der Waals surface area contributed by atoms with Crippen molar-refractivity contribution in [3.63, 3.8) is 0 Å². The quantitative estimate of drug-likeness (QED) is 0.625. The second-order valence-corrected chi connectivity index (χ2v) is 3.86. The summed E-state index contributed by atoms with van der Waals surface area (Å²) in [5.74, 6) is -0.388. The van der Waals surface area contributed by atoms with Crippen molar-refractivity contribution in [2.24, 2.45) is 0 Å². The van der Waals surface area contributed by atoms with Crippen LogP contribution < -0.4 is 0 Å². The summed E-state index contributed by atoms with van der Waals surface area (Å²) in [6.07, 6.45) is 0.223. The zero-order chi connectivity index (χ0) is 11.3. The van der Waals surface area contributed by atoms with E-state index in [4.69, 9.17) is 10.00 Å². The third kappa shape index (κ3) is 3.37. The highest BCUT2D eigenvalue weighted by molar-refractivity contribution is 9.10. The van der Waals surface area contributed by atoms with Crippen molar-refractivity contribution in [3.8, 4) is 6.07 Å². The Morgan fingerprint density at radius 1 is 1.60 bits per heavy atom. The van der Waals surface area contributed by atoms with Crippen LogP contribution in [0.2, 0.25) is 0 Å². The van der Waals surface area contributed by atoms with Crippen LogP contribution >= 0.6 is 15.9 Å². The van der Waals surface area contributed by atoms with E-state index in [0.717, 1.165) is 10.0 Å². The summed E-state index contributed by atoms with van der Waals surface area (Å²) in [5.41, 5.74) is 1.48. The van der Waals surface area contributed by atoms with Crippen LogP contribution in [0.15, 0.2) is 22.7 Å². The number of halogens is 1. The molecule has 0 fully saturated rings. The second kappa shape index (κ2) is 5.52. The molecule has 0 aliphatic carbocycles. The number of carbonyl (C=O) groups excluding carboxylic acids is 1. The van der Waals surface area contributed by atoms with Gasteiger partial charge in [-0.2, -0.15) is 5.26 Å². The lowest BCUT2D eigenvalue weighted by Crippen LogP contribution is -2.06. The Balaban J connectivity index is 2.67. The average molecular weight is 268 g/mol. The molecule has 1 rings (SSSR count). The van der Waals surface area contributed by atoms with Gasteiger partial charge in [-0.05, 0) is 30.7 Å². The van der Waals surface area contributed by atoms with Gasteiger partial charge in [0.25, 0.3) is 0 Å². The second-order valence-electron chi connectivity index (χ2n) is 3.01. The molecule has 1 aromatic rings. The van der Waals surface area contributed by atoms with Crippen LogP contribution in [0, 0.1) is 18.3 Å². The van der Waals surface area contributed by atoms with E-state index in [9.17, 15) is 4.79 Å². The molecule has 0 bridgehead atoms. The molecule has 0 saturated carbocycles. The predicted molar refractivity (Wildman–Crippen MR) is 59.4 cm³/mol. The summed E-state index contributed by atoms with van der Waals surface area (Å²) >= 11 is 3.35. The van der Waals surface area contributed by atoms with Crippen LogP contribution in [-0.2, 0) is 4.74 Å². The number of aryl methyl sites for hydroxylation is 1. The highest BCUT2D eigenvalue weighted by Crippen LogP contribution is 2.17. The van der Waals surface area contributed by atoms with Gasteiger partial charge in [-0.1, -0.05) is 15.9 Å². The average Bonchev–Trinajstić information content (AvgIpc) is 2.22. The number of ether oxygens (including phenoxy) is 1. The SMILES string of the molecule is Cc1cc(C(=O)OCCC#N)ccc1Br. The first kappa shape index (κ1) is 11.7. The number of esters is 1. The molecule has 0 aromatic heterocycles. The fourth-order valence-corrected chi connectivity index (χ4v) is 1.29. The highest BCUT2D eigenvalue weighted by Gasteiger charge is 2.07. The number of nitrogens with zero attached hydrogens (tertiary/aromatic N) is 1. The summed E-state index contributed by atoms with van der Waals surface area (Å²) in [5, 5.41) is 8.28. The maximum atomic E-state index is 11.4. The van der Waals surface area contributed by atoms with Gasteiger partial charge in [0.15, 0.2) is 0 Å². The molecule has 3 nitrogen and oxygen atoms in total. The number of rotatable bonds is 3. The zero-order valence-electron chi connectivity index (χ0n) is 8.29. The van der Waals surface area contributed by atoms with E-state index in [-0.39, 0.29) is 19.0 Å². The predicted octanol–water partition coefficient (Wildman–Crippen LogP) is 2.83. The van der Waals surface area contributed by atoms with E-state index in [0.29, 0.717) is 5.56 Å². The molecule has 1 aromatic carbocycles. The standard InChI is InChI=1S/C11H10BrNO2/c1-8-7-9(3-4-10(8)12)11(14)15-6-2-5-13/h3-4,7H,2,6H2,1H3. The van der Waals surface area contributed by atoms with Crippen molar-refractivity contribution in [3.05, 3.63) is 33.8 Å². The molecule has 0 N–H and O–H groups in total. The summed E-state index contributed by atoms with van der Waals surface area (Å²) in [4.78, 5) is 11.4. The zero-order valence-corrected chi connectivity index (χ0v) is 9.87. The lowest BCUT2D eigenvalue weighted by molar-refractivity contribution is 0.0513. The van der Waals surface area contributed by atoms with Gasteiger partial charge in [0.2, 0.25) is 0 Å². The third-order valence-electron chi connectivity index (χ3n) is 1.84. The number of hydrogen-bond acceptors (Lipinski definition) is 3. The van der Waals surface area contributed by atoms with E-state index >= 15 is 0 Å². The lowest BCUT2D eigenvalue weighted by atomic mass is 10.1. The Bertz CT molecular complexity index is 410. The molecule has 0 unspecified atom stereocenters. The van der Waals surface area contributed by atoms with Crippen molar-refractivity contribution in [1.82, 2.24) is 0 Å². The van der Waals surface area contributed by atoms with Crippen LogP contribution in [-0.4, -0.2) is 12.6 Å². The Hall–Kier alpha value is -1.34. The van der Waals surface area contributed by atoms with Crippen molar-refractivity contribution >= 4 is 21.9 Å². The maximum Gasteiger partial charge on any atom is 0.338 e. The van der Waals surface area contributed by atoms with E-state index in [2.05, 4.69) is 15.9 Å². The van der Waals surface area contributed by atoms with Crippen LogP contribution in [0.1, 0.15) is 22.3 Å². The molecule has 0 saturated heterocycles. The molecule has 15 heavy (non-hydrogen) atoms. The molecule has 78 valence electrons. The largest absolute Gasteiger partial charge is 0.461 e. The first-order valence-electron chi connectivity index (χ1n) is 4.45. The Morgan fingerprint density at radius 2 is 2.33 bits per heavy atom. The fourth-order valence-electron chi connectivity index (χ4n) is 1.04. The van der Waals surface area contributed by atoms with E-state index in [1.165, 1.54) is 0 Å². The normalized spacial score (nSPS) is 9.40. The van der Waals surface area contributed by atoms with Crippen LogP contribution in [0.4, 0.5) is 0 Å². The molecule has 0 heterocycles. The van der Waals surface area contributed by atoms with Crippen molar-refractivity contribution < 1.29 is 9.53 Å². The molecule has 0 radical (unpaired) electrons. The summed E-state index contributed by atoms with van der Waals surface area (Å²) < 4.78 is 5.84. The maximum absolute atomic E-state index is 11.4. The summed E-state index contributed by atoms with van der Waals surface area (Å²) in [6.45, 7) is 2.04. The Morgan fingerprint density at radius 3 is 2.93 bits per heavy atom. The minimum atomic E-state index is -0.388. The van der Waals surface area contributed by atoms with Crippen molar-refractivity contribution in [1.29, 1.82) is 5.26 Å². The number of carbonyl (C=O) groups is 1. The van der Waals surface area contributed by atoms with Gasteiger partial charge in [0.05, 0.1) is 18.1 Å². The smallest absolute Gasteiger partial charge is 0.338 e. The monoisotopic (exact) mass is 267 g/mol. The molecule has 0 amide bonds. The van der Waals surface area contributed by atoms with Crippen molar-refractivity contribution in [2.45, 2.75) is 13.3 Å². The third-order valence-corrected chi connectivity index (χ3v) is 2.73. The van der Waals surface area contributed by atoms with Gasteiger partial charge < -0.3 is 4.74 Å². The van der Waals surface area contributed by atoms with E-state index in [1.807, 2.05) is 13.0 Å². The van der Waals surface area contributed by atoms with Crippen LogP contribution in [0.5, 0.6) is 0 Å². The van der Waals surface area contributed by atoms with Gasteiger partial charge in [-0.15, -0.1) is 0 Å². The number of benzene rings is 1. The van der Waals surface area contributed by atoms with Gasteiger partial charge >= 0.3 is 5.97 Å². The molecule has 4 heteroatoms. The van der Waals surface area contributed by atoms with E-state index < -0.39 is 0 Å². The van der Waals surface area contributed by atoms with Crippen LogP contribution in [0.25, 0.3) is 0 Å². The summed E-state index contributed by atoms with van der Waals surface area (Å²) in [7, 11) is 0. The first-order valence-corrected chi connectivity index (χ1v) is 5.24. The van der Waals surface area contributed by atoms with Gasteiger partial charge in [0, 0.05) is 4.47 Å². The minimum absolute atomic E-state index is 0.143. The molecular weight excluding hydrogens is 258 g/mol. The fraction of sp³-hybridized carbons (Fsp3) is 0.273. The van der Waals surface area contributed by atoms with Crippen LogP contribution in [0.3, 0.4) is 0 Å². The van der Waals surface area contributed by atoms with Gasteiger partial charge in [-0.25, -0.2) is 4.79 Å². The molecule has 0 atom stereocenters. The molecule has 0 spiro atoms. The molecule has 0 aliphatic rings. The first-order chi connectivity index (χ1) is 7.15. The van der Waals surface area contributed by atoms with Gasteiger partial charge in [-0.3, -0.25) is 0 Å². The topological polar surface area (TPSA) is 50.1 Å². The van der Waals surface area contributed by atoms with E-state index in [1.54, 1.807) is 18.2 Å². The summed E-state index contributed by atoms with van der Waals surface area (Å²) in [6, 6.07) is 7.15. The Kier molecular flexibility index (Phi) is 4.32. The van der Waals surface area contributed by atoms with Crippen molar-refractivity contribution in [2.75, 3.05) is 6.61 Å². The highest BCUT2D eigenvalue weighted by atomic mass is 79.9.